The Labute approximate surface area is 86.2 Å². The Bertz CT molecular complexity index is 292. The van der Waals surface area contributed by atoms with Gasteiger partial charge in [-0.25, -0.2) is 13.1 Å². The number of hydrogen-bond acceptors (Lipinski definition) is 3. The van der Waals surface area contributed by atoms with Crippen LogP contribution in [-0.4, -0.2) is 31.3 Å². The molecule has 0 amide bonds. The van der Waals surface area contributed by atoms with Crippen LogP contribution in [-0.2, 0) is 14.8 Å². The smallest absolute Gasteiger partial charge is 0.221 e. The normalized spacial score (nSPS) is 38.4. The summed E-state index contributed by atoms with van der Waals surface area (Å²) in [4.78, 5) is 0. The Kier molecular flexibility index (Phi) is 2.65. The molecule has 1 N–H and O–H groups in total. The quantitative estimate of drug-likeness (QED) is 0.763. The van der Waals surface area contributed by atoms with Crippen LogP contribution in [0.5, 0.6) is 0 Å². The second kappa shape index (κ2) is 3.49. The first-order valence-electron chi connectivity index (χ1n) is 4.32. The van der Waals surface area contributed by atoms with Gasteiger partial charge in [0.2, 0.25) is 10.0 Å². The number of alkyl halides is 1. The van der Waals surface area contributed by atoms with E-state index in [0.29, 0.717) is 0 Å². The fourth-order valence-corrected chi connectivity index (χ4v) is 3.19. The molecule has 0 radical (unpaired) electrons. The van der Waals surface area contributed by atoms with Gasteiger partial charge in [-0.3, -0.25) is 0 Å². The molecule has 2 bridgehead atoms. The molecule has 0 aliphatic carbocycles. The van der Waals surface area contributed by atoms with Crippen molar-refractivity contribution in [3.05, 3.63) is 0 Å². The van der Waals surface area contributed by atoms with Crippen LogP contribution >= 0.6 is 15.9 Å². The fourth-order valence-electron chi connectivity index (χ4n) is 2.02. The summed E-state index contributed by atoms with van der Waals surface area (Å²) in [6, 6.07) is 0.00120. The van der Waals surface area contributed by atoms with Gasteiger partial charge < -0.3 is 4.74 Å². The predicted molar refractivity (Wildman–Crippen MR) is 52.1 cm³/mol. The molecule has 0 aromatic heterocycles. The van der Waals surface area contributed by atoms with Crippen LogP contribution in [0, 0.1) is 0 Å². The lowest BCUT2D eigenvalue weighted by atomic mass is 9.96. The maximum absolute atomic E-state index is 11.2. The minimum atomic E-state index is -3.14. The average Bonchev–Trinajstić information content (AvgIpc) is 2.64. The molecule has 76 valence electrons. The lowest BCUT2D eigenvalue weighted by Crippen LogP contribution is -2.41. The monoisotopic (exact) mass is 269 g/mol. The van der Waals surface area contributed by atoms with Crippen LogP contribution in [0.15, 0.2) is 0 Å². The van der Waals surface area contributed by atoms with Gasteiger partial charge in [-0.2, -0.15) is 0 Å². The lowest BCUT2D eigenvalue weighted by Gasteiger charge is -2.18. The zero-order valence-electron chi connectivity index (χ0n) is 7.07. The highest BCUT2D eigenvalue weighted by molar-refractivity contribution is 9.10. The highest BCUT2D eigenvalue weighted by atomic mass is 79.9. The summed E-state index contributed by atoms with van der Waals surface area (Å²) in [6.45, 7) is 0. The Morgan fingerprint density at radius 2 is 2.23 bits per heavy atom. The van der Waals surface area contributed by atoms with Crippen molar-refractivity contribution in [2.75, 3.05) is 4.66 Å². The van der Waals surface area contributed by atoms with Crippen LogP contribution in [0.1, 0.15) is 19.3 Å². The van der Waals surface area contributed by atoms with E-state index in [2.05, 4.69) is 20.7 Å². The van der Waals surface area contributed by atoms with Gasteiger partial charge in [-0.15, -0.1) is 0 Å². The van der Waals surface area contributed by atoms with Gasteiger partial charge >= 0.3 is 0 Å². The van der Waals surface area contributed by atoms with Gasteiger partial charge in [-0.05, 0) is 19.3 Å². The van der Waals surface area contributed by atoms with E-state index in [9.17, 15) is 8.42 Å². The van der Waals surface area contributed by atoms with Crippen LogP contribution in [0.25, 0.3) is 0 Å². The predicted octanol–water partition coefficient (Wildman–Crippen LogP) is 0.578. The van der Waals surface area contributed by atoms with Crippen molar-refractivity contribution >= 4 is 26.0 Å². The second-order valence-corrected chi connectivity index (χ2v) is 6.61. The van der Waals surface area contributed by atoms with Crippen molar-refractivity contribution in [3.8, 4) is 0 Å². The molecule has 6 heteroatoms. The van der Waals surface area contributed by atoms with Crippen LogP contribution in [0.2, 0.25) is 0 Å². The molecule has 2 saturated heterocycles. The molecule has 0 aromatic carbocycles. The van der Waals surface area contributed by atoms with Crippen molar-refractivity contribution in [2.24, 2.45) is 0 Å². The number of ether oxygens (including phenoxy) is 1. The van der Waals surface area contributed by atoms with Crippen LogP contribution in [0.4, 0.5) is 0 Å². The highest BCUT2D eigenvalue weighted by Crippen LogP contribution is 2.34. The SMILES string of the molecule is O=S(=O)(CBr)N[C@@H]1C[C@H]2CC[C@@H]1O2. The molecule has 0 aromatic rings. The standard InChI is InChI=1S/C7H12BrNO3S/c8-4-13(10,11)9-6-3-5-1-2-7(6)12-5/h5-7,9H,1-4H2/t5-,6-,7+/m1/s1. The van der Waals surface area contributed by atoms with E-state index in [1.807, 2.05) is 0 Å². The van der Waals surface area contributed by atoms with E-state index in [4.69, 9.17) is 4.74 Å². The summed E-state index contributed by atoms with van der Waals surface area (Å²) in [6.07, 6.45) is 3.29. The molecular weight excluding hydrogens is 258 g/mol. The Morgan fingerprint density at radius 1 is 1.46 bits per heavy atom. The van der Waals surface area contributed by atoms with Crippen LogP contribution < -0.4 is 4.72 Å². The van der Waals surface area contributed by atoms with Gasteiger partial charge in [0.1, 0.15) is 4.66 Å². The van der Waals surface area contributed by atoms with Gasteiger partial charge in [0.25, 0.3) is 0 Å². The minimum Gasteiger partial charge on any atom is -0.373 e. The number of hydrogen-bond donors (Lipinski definition) is 1. The molecule has 0 saturated carbocycles. The number of halogens is 1. The molecule has 2 fully saturated rings. The van der Waals surface area contributed by atoms with E-state index in [1.165, 1.54) is 0 Å². The second-order valence-electron chi connectivity index (χ2n) is 3.56. The maximum Gasteiger partial charge on any atom is 0.221 e. The third-order valence-electron chi connectivity index (χ3n) is 2.58. The molecule has 0 spiro atoms. The molecule has 0 unspecified atom stereocenters. The van der Waals surface area contributed by atoms with E-state index in [-0.39, 0.29) is 22.9 Å². The van der Waals surface area contributed by atoms with Gasteiger partial charge in [0.15, 0.2) is 0 Å². The minimum absolute atomic E-state index is 0.00120. The van der Waals surface area contributed by atoms with E-state index >= 15 is 0 Å². The summed E-state index contributed by atoms with van der Waals surface area (Å²) < 4.78 is 30.6. The molecule has 4 nitrogen and oxygen atoms in total. The number of fused-ring (bicyclic) bond motifs is 2. The molecule has 3 atom stereocenters. The number of nitrogens with one attached hydrogen (secondary N) is 1. The maximum atomic E-state index is 11.2. The van der Waals surface area contributed by atoms with E-state index in [1.54, 1.807) is 0 Å². The van der Waals surface area contributed by atoms with Gasteiger partial charge in [-0.1, -0.05) is 15.9 Å². The Balaban J connectivity index is 1.97. The van der Waals surface area contributed by atoms with E-state index < -0.39 is 10.0 Å². The first-order chi connectivity index (χ1) is 6.11. The average molecular weight is 270 g/mol. The topological polar surface area (TPSA) is 55.4 Å². The largest absolute Gasteiger partial charge is 0.373 e. The molecule has 2 rings (SSSR count). The Hall–Kier alpha value is 0.350. The number of sulfonamides is 1. The summed E-state index contributed by atoms with van der Waals surface area (Å²) in [7, 11) is -3.14. The van der Waals surface area contributed by atoms with Crippen molar-refractivity contribution in [1.82, 2.24) is 4.72 Å². The Morgan fingerprint density at radius 3 is 2.69 bits per heavy atom. The van der Waals surface area contributed by atoms with Crippen molar-refractivity contribution in [1.29, 1.82) is 0 Å². The molecule has 2 aliphatic heterocycles. The third-order valence-corrected chi connectivity index (χ3v) is 5.34. The van der Waals surface area contributed by atoms with E-state index in [0.717, 1.165) is 19.3 Å². The fraction of sp³-hybridized carbons (Fsp3) is 1.00. The van der Waals surface area contributed by atoms with Crippen molar-refractivity contribution < 1.29 is 13.2 Å². The van der Waals surface area contributed by atoms with Crippen molar-refractivity contribution in [3.63, 3.8) is 0 Å². The molecule has 2 aliphatic rings. The zero-order chi connectivity index (χ0) is 9.47. The zero-order valence-corrected chi connectivity index (χ0v) is 9.47. The molecular formula is C7H12BrNO3S. The summed E-state index contributed by atoms with van der Waals surface area (Å²) in [5.74, 6) is 0. The van der Waals surface area contributed by atoms with Crippen molar-refractivity contribution in [2.45, 2.75) is 37.5 Å². The van der Waals surface area contributed by atoms with Gasteiger partial charge in [0, 0.05) is 0 Å². The van der Waals surface area contributed by atoms with Gasteiger partial charge in [0.05, 0.1) is 18.2 Å². The first kappa shape index (κ1) is 9.89. The number of rotatable bonds is 3. The highest BCUT2D eigenvalue weighted by Gasteiger charge is 2.42. The molecule has 13 heavy (non-hydrogen) atoms. The first-order valence-corrected chi connectivity index (χ1v) is 7.09. The van der Waals surface area contributed by atoms with Crippen LogP contribution in [0.3, 0.4) is 0 Å². The lowest BCUT2D eigenvalue weighted by molar-refractivity contribution is 0.0996. The third kappa shape index (κ3) is 2.06. The molecule has 2 heterocycles. The summed E-state index contributed by atoms with van der Waals surface area (Å²) >= 11 is 2.94. The summed E-state index contributed by atoms with van der Waals surface area (Å²) in [5, 5.41) is 0. The summed E-state index contributed by atoms with van der Waals surface area (Å²) in [5.41, 5.74) is 0.